The molecule has 0 spiro atoms. The van der Waals surface area contributed by atoms with Gasteiger partial charge in [-0.05, 0) is 86.5 Å². The van der Waals surface area contributed by atoms with Gasteiger partial charge < -0.3 is 15.2 Å². The standard InChI is InChI=1S/C36H57NO3/c1-25(2)12-11-13-26(3)29-16-20-34(7)32(29,5)22-23-35-33(6,30(27(4)38)17-21-36(34,35)40-35)19-18-31(39)37-24-28-14-9-8-10-15-28/h8-10,14-15,25-27,29-30,38H,11-13,16-24H2,1-7H3,(H,37,39)/t26?,27-,29+,30-,32+,33-,34+,35-,36-/m0/s1. The molecule has 1 saturated heterocycles. The minimum absolute atomic E-state index is 0.102. The lowest BCUT2D eigenvalue weighted by Crippen LogP contribution is -2.63. The van der Waals surface area contributed by atoms with Gasteiger partial charge in [0.15, 0.2) is 0 Å². The van der Waals surface area contributed by atoms with Crippen molar-refractivity contribution in [1.29, 1.82) is 0 Å². The molecular weight excluding hydrogens is 494 g/mol. The zero-order valence-electron chi connectivity index (χ0n) is 26.5. The van der Waals surface area contributed by atoms with Gasteiger partial charge in [-0.25, -0.2) is 0 Å². The van der Waals surface area contributed by atoms with E-state index in [1.165, 1.54) is 38.5 Å². The molecule has 4 nitrogen and oxygen atoms in total. The number of aliphatic hydroxyl groups excluding tert-OH is 1. The predicted octanol–water partition coefficient (Wildman–Crippen LogP) is 8.07. The van der Waals surface area contributed by atoms with Crippen LogP contribution in [0, 0.1) is 39.9 Å². The van der Waals surface area contributed by atoms with Crippen LogP contribution in [0.25, 0.3) is 0 Å². The number of carbonyl (C=O) groups excluding carboxylic acids is 1. The van der Waals surface area contributed by atoms with E-state index in [1.807, 2.05) is 25.1 Å². The molecule has 1 aromatic carbocycles. The molecule has 1 amide bonds. The summed E-state index contributed by atoms with van der Waals surface area (Å²) >= 11 is 0. The zero-order chi connectivity index (χ0) is 29.0. The molecule has 40 heavy (non-hydrogen) atoms. The number of benzene rings is 1. The minimum Gasteiger partial charge on any atom is -0.393 e. The van der Waals surface area contributed by atoms with Crippen LogP contribution in [-0.2, 0) is 16.1 Å². The van der Waals surface area contributed by atoms with E-state index in [2.05, 4.69) is 59.0 Å². The first-order chi connectivity index (χ1) is 18.9. The molecule has 0 aromatic heterocycles. The minimum atomic E-state index is -0.396. The summed E-state index contributed by atoms with van der Waals surface area (Å²) in [5.41, 5.74) is 1.02. The van der Waals surface area contributed by atoms with E-state index < -0.39 is 6.10 Å². The number of aliphatic hydroxyl groups is 1. The Morgan fingerprint density at radius 3 is 2.33 bits per heavy atom. The molecule has 0 radical (unpaired) electrons. The number of nitrogens with one attached hydrogen (secondary N) is 1. The van der Waals surface area contributed by atoms with Crippen LogP contribution in [0.5, 0.6) is 0 Å². The quantitative estimate of drug-likeness (QED) is 0.273. The van der Waals surface area contributed by atoms with Crippen LogP contribution in [0.3, 0.4) is 0 Å². The molecule has 4 aliphatic rings. The Morgan fingerprint density at radius 1 is 0.950 bits per heavy atom. The van der Waals surface area contributed by atoms with E-state index in [1.54, 1.807) is 0 Å². The normalized spacial score (nSPS) is 41.5. The third-order valence-corrected chi connectivity index (χ3v) is 13.3. The Kier molecular flexibility index (Phi) is 8.05. The number of epoxide rings is 1. The first-order valence-corrected chi connectivity index (χ1v) is 16.5. The molecule has 3 aliphatic carbocycles. The third kappa shape index (κ3) is 4.41. The van der Waals surface area contributed by atoms with E-state index in [4.69, 9.17) is 4.74 Å². The van der Waals surface area contributed by atoms with Crippen molar-refractivity contribution in [2.24, 2.45) is 39.9 Å². The lowest BCUT2D eigenvalue weighted by atomic mass is 9.41. The van der Waals surface area contributed by atoms with Crippen molar-refractivity contribution < 1.29 is 14.6 Å². The summed E-state index contributed by atoms with van der Waals surface area (Å²) in [5.74, 6) is 2.55. The maximum absolute atomic E-state index is 13.1. The summed E-state index contributed by atoms with van der Waals surface area (Å²) in [6, 6.07) is 10.1. The molecule has 1 aliphatic heterocycles. The van der Waals surface area contributed by atoms with Crippen LogP contribution in [0.1, 0.15) is 125 Å². The molecule has 1 aromatic rings. The van der Waals surface area contributed by atoms with Gasteiger partial charge in [-0.3, -0.25) is 4.79 Å². The van der Waals surface area contributed by atoms with Gasteiger partial charge in [0.1, 0.15) is 11.2 Å². The average molecular weight is 552 g/mol. The Balaban J connectivity index is 1.34. The Morgan fingerprint density at radius 2 is 1.65 bits per heavy atom. The van der Waals surface area contributed by atoms with Gasteiger partial charge in [0.25, 0.3) is 0 Å². The second-order valence-corrected chi connectivity index (χ2v) is 15.5. The van der Waals surface area contributed by atoms with Crippen molar-refractivity contribution >= 4 is 5.91 Å². The van der Waals surface area contributed by atoms with Crippen LogP contribution in [0.4, 0.5) is 0 Å². The highest BCUT2D eigenvalue weighted by Crippen LogP contribution is 2.84. The van der Waals surface area contributed by atoms with Crippen LogP contribution >= 0.6 is 0 Å². The molecule has 2 N–H and O–H groups in total. The summed E-state index contributed by atoms with van der Waals surface area (Å²) < 4.78 is 7.25. The smallest absolute Gasteiger partial charge is 0.220 e. The summed E-state index contributed by atoms with van der Waals surface area (Å²) in [6.07, 6.45) is 11.7. The molecule has 9 atom stereocenters. The monoisotopic (exact) mass is 551 g/mol. The number of rotatable bonds is 11. The average Bonchev–Trinajstić information content (AvgIpc) is 3.55. The van der Waals surface area contributed by atoms with Crippen molar-refractivity contribution in [2.75, 3.05) is 0 Å². The molecule has 1 heterocycles. The topological polar surface area (TPSA) is 61.9 Å². The number of ether oxygens (including phenoxy) is 1. The van der Waals surface area contributed by atoms with Crippen molar-refractivity contribution in [3.8, 4) is 0 Å². The van der Waals surface area contributed by atoms with Crippen molar-refractivity contribution in [1.82, 2.24) is 5.32 Å². The van der Waals surface area contributed by atoms with Gasteiger partial charge >= 0.3 is 0 Å². The predicted molar refractivity (Wildman–Crippen MR) is 163 cm³/mol. The van der Waals surface area contributed by atoms with Crippen LogP contribution in [0.15, 0.2) is 30.3 Å². The maximum Gasteiger partial charge on any atom is 0.220 e. The first-order valence-electron chi connectivity index (χ1n) is 16.5. The molecule has 4 heteroatoms. The highest BCUT2D eigenvalue weighted by atomic mass is 16.6. The van der Waals surface area contributed by atoms with Crippen LogP contribution in [0.2, 0.25) is 0 Å². The molecule has 5 rings (SSSR count). The second kappa shape index (κ2) is 10.7. The van der Waals surface area contributed by atoms with Crippen molar-refractivity contribution in [2.45, 2.75) is 143 Å². The lowest BCUT2D eigenvalue weighted by molar-refractivity contribution is -0.126. The SMILES string of the molecule is CC(C)CCCC(C)[C@H]1CC[C@@]2(C)[C@@]34CC[C@@H]([C@H](C)O)[C@](C)(CCC(=O)NCc5ccccc5)[C@]3(CC[C@]12C)O4. The summed E-state index contributed by atoms with van der Waals surface area (Å²) in [5, 5.41) is 14.2. The fourth-order valence-corrected chi connectivity index (χ4v) is 10.9. The fraction of sp³-hybridized carbons (Fsp3) is 0.806. The van der Waals surface area contributed by atoms with Crippen molar-refractivity contribution in [3.63, 3.8) is 0 Å². The molecular formula is C36H57NO3. The number of hydrogen-bond donors (Lipinski definition) is 2. The van der Waals surface area contributed by atoms with Gasteiger partial charge in [0.05, 0.1) is 6.10 Å². The Bertz CT molecular complexity index is 1060. The summed E-state index contributed by atoms with van der Waals surface area (Å²) in [4.78, 5) is 13.1. The Hall–Kier alpha value is -1.39. The Labute approximate surface area is 244 Å². The van der Waals surface area contributed by atoms with E-state index in [0.717, 1.165) is 49.0 Å². The van der Waals surface area contributed by atoms with Gasteiger partial charge in [-0.15, -0.1) is 0 Å². The molecule has 0 bridgehead atoms. The number of carbonyl (C=O) groups is 1. The van der Waals surface area contributed by atoms with Gasteiger partial charge in [-0.2, -0.15) is 0 Å². The molecule has 224 valence electrons. The number of hydrogen-bond acceptors (Lipinski definition) is 3. The molecule has 1 unspecified atom stereocenters. The van der Waals surface area contributed by atoms with Gasteiger partial charge in [0, 0.05) is 23.8 Å². The first kappa shape index (κ1) is 30.1. The van der Waals surface area contributed by atoms with E-state index in [0.29, 0.717) is 13.0 Å². The highest BCUT2D eigenvalue weighted by Gasteiger charge is 2.89. The lowest BCUT2D eigenvalue weighted by Gasteiger charge is -2.60. The maximum atomic E-state index is 13.1. The highest BCUT2D eigenvalue weighted by molar-refractivity contribution is 5.76. The van der Waals surface area contributed by atoms with E-state index >= 15 is 0 Å². The van der Waals surface area contributed by atoms with Crippen LogP contribution < -0.4 is 5.32 Å². The summed E-state index contributed by atoms with van der Waals surface area (Å²) in [6.45, 7) is 17.3. The zero-order valence-corrected chi connectivity index (χ0v) is 26.5. The number of fused-ring (bicyclic) bond motifs is 1. The largest absolute Gasteiger partial charge is 0.393 e. The molecule has 3 saturated carbocycles. The van der Waals surface area contributed by atoms with Gasteiger partial charge in [-0.1, -0.05) is 91.1 Å². The van der Waals surface area contributed by atoms with E-state index in [9.17, 15) is 9.90 Å². The van der Waals surface area contributed by atoms with E-state index in [-0.39, 0.29) is 39.3 Å². The third-order valence-electron chi connectivity index (χ3n) is 13.3. The summed E-state index contributed by atoms with van der Waals surface area (Å²) in [7, 11) is 0. The van der Waals surface area contributed by atoms with Gasteiger partial charge in [0.2, 0.25) is 5.91 Å². The fourth-order valence-electron chi connectivity index (χ4n) is 10.9. The van der Waals surface area contributed by atoms with Crippen LogP contribution in [-0.4, -0.2) is 28.3 Å². The van der Waals surface area contributed by atoms with Crippen molar-refractivity contribution in [3.05, 3.63) is 35.9 Å². The second-order valence-electron chi connectivity index (χ2n) is 15.5. The number of amides is 1. The molecule has 4 fully saturated rings.